The topological polar surface area (TPSA) is 55.1 Å². The molecule has 1 fully saturated rings. The molecule has 0 spiro atoms. The molecule has 0 aromatic heterocycles. The van der Waals surface area contributed by atoms with Gasteiger partial charge in [0.1, 0.15) is 5.82 Å². The van der Waals surface area contributed by atoms with Crippen molar-refractivity contribution in [3.8, 4) is 0 Å². The van der Waals surface area contributed by atoms with Crippen molar-refractivity contribution in [3.05, 3.63) is 29.6 Å². The molecule has 110 valence electrons. The third-order valence-corrected chi connectivity index (χ3v) is 4.00. The highest BCUT2D eigenvalue weighted by Gasteiger charge is 2.20. The summed E-state index contributed by atoms with van der Waals surface area (Å²) in [6.07, 6.45) is 7.66. The second kappa shape index (κ2) is 7.39. The van der Waals surface area contributed by atoms with Crippen molar-refractivity contribution in [3.63, 3.8) is 0 Å². The van der Waals surface area contributed by atoms with Crippen molar-refractivity contribution >= 4 is 11.6 Å². The fourth-order valence-electron chi connectivity index (χ4n) is 2.74. The number of carbonyl (C=O) groups is 1. The molecule has 1 aromatic rings. The fraction of sp³-hybridized carbons (Fsp3) is 0.562. The van der Waals surface area contributed by atoms with E-state index in [4.69, 9.17) is 5.73 Å². The van der Waals surface area contributed by atoms with Crippen LogP contribution in [0.25, 0.3) is 0 Å². The van der Waals surface area contributed by atoms with E-state index in [9.17, 15) is 9.18 Å². The Morgan fingerprint density at radius 3 is 2.45 bits per heavy atom. The maximum Gasteiger partial charge on any atom is 0.227 e. The number of hydrogen-bond acceptors (Lipinski definition) is 2. The largest absolute Gasteiger partial charge is 0.326 e. The van der Waals surface area contributed by atoms with Gasteiger partial charge in [0.2, 0.25) is 5.91 Å². The minimum Gasteiger partial charge on any atom is -0.326 e. The van der Waals surface area contributed by atoms with Crippen molar-refractivity contribution in [2.24, 2.45) is 11.7 Å². The number of benzene rings is 1. The number of nitrogens with one attached hydrogen (secondary N) is 1. The van der Waals surface area contributed by atoms with Gasteiger partial charge in [-0.15, -0.1) is 0 Å². The van der Waals surface area contributed by atoms with Crippen LogP contribution < -0.4 is 11.1 Å². The van der Waals surface area contributed by atoms with Gasteiger partial charge in [0.05, 0.1) is 5.69 Å². The Hall–Kier alpha value is -1.42. The van der Waals surface area contributed by atoms with Crippen LogP contribution in [-0.4, -0.2) is 5.91 Å². The molecule has 0 saturated heterocycles. The van der Waals surface area contributed by atoms with Crippen molar-refractivity contribution in [1.29, 1.82) is 0 Å². The second-order valence-corrected chi connectivity index (χ2v) is 5.55. The number of amides is 1. The number of rotatable bonds is 3. The number of carbonyl (C=O) groups excluding carboxylic acids is 1. The van der Waals surface area contributed by atoms with E-state index in [1.807, 2.05) is 0 Å². The van der Waals surface area contributed by atoms with Crippen molar-refractivity contribution in [1.82, 2.24) is 0 Å². The molecule has 0 bridgehead atoms. The first-order chi connectivity index (χ1) is 9.70. The van der Waals surface area contributed by atoms with Crippen LogP contribution in [0.4, 0.5) is 10.1 Å². The lowest BCUT2D eigenvalue weighted by molar-refractivity contribution is -0.120. The Bertz CT molecular complexity index is 454. The highest BCUT2D eigenvalue weighted by atomic mass is 19.1. The normalized spacial score (nSPS) is 17.3. The Morgan fingerprint density at radius 1 is 1.20 bits per heavy atom. The van der Waals surface area contributed by atoms with Gasteiger partial charge < -0.3 is 11.1 Å². The van der Waals surface area contributed by atoms with E-state index in [1.54, 1.807) is 12.1 Å². The van der Waals surface area contributed by atoms with Gasteiger partial charge in [0, 0.05) is 12.5 Å². The average molecular weight is 278 g/mol. The van der Waals surface area contributed by atoms with E-state index < -0.39 is 5.82 Å². The van der Waals surface area contributed by atoms with E-state index in [1.165, 1.54) is 25.3 Å². The zero-order valence-corrected chi connectivity index (χ0v) is 11.8. The molecule has 1 aromatic carbocycles. The molecule has 2 rings (SSSR count). The second-order valence-electron chi connectivity index (χ2n) is 5.55. The van der Waals surface area contributed by atoms with Crippen LogP contribution in [0.5, 0.6) is 0 Å². The Morgan fingerprint density at radius 2 is 1.85 bits per heavy atom. The van der Waals surface area contributed by atoms with Gasteiger partial charge >= 0.3 is 0 Å². The average Bonchev–Trinajstić information content (AvgIpc) is 2.40. The summed E-state index contributed by atoms with van der Waals surface area (Å²) in [7, 11) is 0. The molecular formula is C16H23FN2O. The van der Waals surface area contributed by atoms with Gasteiger partial charge in [-0.05, 0) is 30.5 Å². The van der Waals surface area contributed by atoms with E-state index in [-0.39, 0.29) is 17.5 Å². The zero-order chi connectivity index (χ0) is 14.4. The molecule has 1 aliphatic carbocycles. The van der Waals surface area contributed by atoms with Crippen molar-refractivity contribution in [2.45, 2.75) is 51.5 Å². The van der Waals surface area contributed by atoms with Gasteiger partial charge in [-0.25, -0.2) is 4.39 Å². The number of anilines is 1. The van der Waals surface area contributed by atoms with Crippen molar-refractivity contribution in [2.75, 3.05) is 5.32 Å². The van der Waals surface area contributed by atoms with Gasteiger partial charge in [-0.1, -0.05) is 38.2 Å². The Labute approximate surface area is 119 Å². The van der Waals surface area contributed by atoms with Crippen molar-refractivity contribution < 1.29 is 9.18 Å². The van der Waals surface area contributed by atoms with E-state index in [2.05, 4.69) is 5.32 Å². The molecule has 3 N–H and O–H groups in total. The Kier molecular flexibility index (Phi) is 5.53. The molecule has 1 amide bonds. The van der Waals surface area contributed by atoms with Gasteiger partial charge in [-0.2, -0.15) is 0 Å². The molecule has 1 saturated carbocycles. The van der Waals surface area contributed by atoms with Crippen LogP contribution in [0.2, 0.25) is 0 Å². The maximum atomic E-state index is 13.8. The summed E-state index contributed by atoms with van der Waals surface area (Å²) in [5.41, 5.74) is 6.45. The zero-order valence-electron chi connectivity index (χ0n) is 11.8. The fourth-order valence-corrected chi connectivity index (χ4v) is 2.74. The molecule has 4 heteroatoms. The summed E-state index contributed by atoms with van der Waals surface area (Å²) in [6, 6.07) is 4.73. The monoisotopic (exact) mass is 278 g/mol. The lowest BCUT2D eigenvalue weighted by Gasteiger charge is -2.19. The minimum absolute atomic E-state index is 0.0175. The Balaban J connectivity index is 1.99. The lowest BCUT2D eigenvalue weighted by Crippen LogP contribution is -2.24. The highest BCUT2D eigenvalue weighted by Crippen LogP contribution is 2.24. The summed E-state index contributed by atoms with van der Waals surface area (Å²) in [4.78, 5) is 12.2. The molecule has 0 aliphatic heterocycles. The molecule has 20 heavy (non-hydrogen) atoms. The molecular weight excluding hydrogens is 255 g/mol. The van der Waals surface area contributed by atoms with Gasteiger partial charge in [0.25, 0.3) is 0 Å². The summed E-state index contributed by atoms with van der Waals surface area (Å²) in [5, 5.41) is 2.72. The van der Waals surface area contributed by atoms with Gasteiger partial charge in [-0.3, -0.25) is 4.79 Å². The number of nitrogens with two attached hydrogens (primary N) is 1. The summed E-state index contributed by atoms with van der Waals surface area (Å²) in [5.74, 6) is -0.442. The maximum absolute atomic E-state index is 13.8. The first kappa shape index (κ1) is 15.0. The van der Waals surface area contributed by atoms with Crippen LogP contribution >= 0.6 is 0 Å². The minimum atomic E-state index is -0.410. The summed E-state index contributed by atoms with van der Waals surface area (Å²) in [6.45, 7) is 0.299. The highest BCUT2D eigenvalue weighted by molar-refractivity contribution is 5.92. The predicted molar refractivity (Wildman–Crippen MR) is 78.7 cm³/mol. The quantitative estimate of drug-likeness (QED) is 0.887. The van der Waals surface area contributed by atoms with E-state index >= 15 is 0 Å². The van der Waals surface area contributed by atoms with Crippen LogP contribution in [0, 0.1) is 11.7 Å². The predicted octanol–water partition coefficient (Wildman–Crippen LogP) is 3.58. The van der Waals surface area contributed by atoms with Crippen LogP contribution in [0.15, 0.2) is 18.2 Å². The standard InChI is InChI=1S/C16H23FN2O/c17-14-10-12(11-18)8-9-15(14)19-16(20)13-6-4-2-1-3-5-7-13/h8-10,13H,1-7,11,18H2,(H,19,20). The first-order valence-electron chi connectivity index (χ1n) is 7.50. The van der Waals surface area contributed by atoms with Crippen LogP contribution in [0.1, 0.15) is 50.5 Å². The number of hydrogen-bond donors (Lipinski definition) is 2. The van der Waals surface area contributed by atoms with E-state index in [0.29, 0.717) is 6.54 Å². The van der Waals surface area contributed by atoms with Crippen LogP contribution in [0.3, 0.4) is 0 Å². The summed E-state index contributed by atoms with van der Waals surface area (Å²) < 4.78 is 13.8. The molecule has 1 aliphatic rings. The molecule has 0 atom stereocenters. The summed E-state index contributed by atoms with van der Waals surface area (Å²) >= 11 is 0. The SMILES string of the molecule is NCc1ccc(NC(=O)C2CCCCCCC2)c(F)c1. The molecule has 0 radical (unpaired) electrons. The number of halogens is 1. The van der Waals surface area contributed by atoms with E-state index in [0.717, 1.165) is 31.2 Å². The smallest absolute Gasteiger partial charge is 0.227 e. The third kappa shape index (κ3) is 4.04. The lowest BCUT2D eigenvalue weighted by atomic mass is 9.90. The third-order valence-electron chi connectivity index (χ3n) is 4.00. The molecule has 0 heterocycles. The molecule has 3 nitrogen and oxygen atoms in total. The first-order valence-corrected chi connectivity index (χ1v) is 7.50. The molecule has 0 unspecified atom stereocenters. The van der Waals surface area contributed by atoms with Crippen LogP contribution in [-0.2, 0) is 11.3 Å². The van der Waals surface area contributed by atoms with Gasteiger partial charge in [0.15, 0.2) is 0 Å².